The van der Waals surface area contributed by atoms with Crippen molar-refractivity contribution in [2.45, 2.75) is 20.8 Å². The molecule has 3 aromatic carbocycles. The normalized spacial score (nSPS) is 10.8. The summed E-state index contributed by atoms with van der Waals surface area (Å²) in [6.07, 6.45) is 0. The van der Waals surface area contributed by atoms with Crippen LogP contribution in [0.25, 0.3) is 22.2 Å². The molecule has 0 aliphatic carbocycles. The van der Waals surface area contributed by atoms with Gasteiger partial charge in [0.15, 0.2) is 0 Å². The third-order valence-corrected chi connectivity index (χ3v) is 5.66. The number of carbonyl (C=O) groups excluding carboxylic acids is 1. The number of methoxy groups -OCH3 is 2. The number of nitrogens with zero attached hydrogens (tertiary/aromatic N) is 1. The van der Waals surface area contributed by atoms with E-state index in [1.54, 1.807) is 14.2 Å². The van der Waals surface area contributed by atoms with Crippen LogP contribution in [0.4, 0.5) is 5.69 Å². The molecule has 0 radical (unpaired) electrons. The van der Waals surface area contributed by atoms with E-state index in [1.807, 2.05) is 74.5 Å². The molecule has 0 fully saturated rings. The Labute approximate surface area is 188 Å². The molecule has 5 nitrogen and oxygen atoms in total. The van der Waals surface area contributed by atoms with Crippen molar-refractivity contribution >= 4 is 22.5 Å². The molecule has 0 atom stereocenters. The summed E-state index contributed by atoms with van der Waals surface area (Å²) < 4.78 is 10.9. The molecule has 0 aliphatic heterocycles. The molecule has 0 aliphatic rings. The zero-order valence-electron chi connectivity index (χ0n) is 18.9. The Morgan fingerprint density at radius 2 is 1.66 bits per heavy atom. The standard InChI is InChI=1S/C27H26N2O3/c1-16-6-11-24-22(12-16)23(27(30)28-19-8-7-17(2)18(3)13-19)15-25(29-24)21-10-9-20(31-4)14-26(21)32-5/h6-15H,1-5H3,(H,28,30). The largest absolute Gasteiger partial charge is 0.497 e. The smallest absolute Gasteiger partial charge is 0.256 e. The molecule has 0 unspecified atom stereocenters. The van der Waals surface area contributed by atoms with Crippen LogP contribution in [0.2, 0.25) is 0 Å². The number of nitrogens with one attached hydrogen (secondary N) is 1. The number of pyridine rings is 1. The van der Waals surface area contributed by atoms with Crippen molar-refractivity contribution in [2.24, 2.45) is 0 Å². The van der Waals surface area contributed by atoms with Crippen LogP contribution in [0.3, 0.4) is 0 Å². The maximum atomic E-state index is 13.4. The fraction of sp³-hybridized carbons (Fsp3) is 0.185. The van der Waals surface area contributed by atoms with Gasteiger partial charge in [-0.2, -0.15) is 0 Å². The first kappa shape index (κ1) is 21.4. The molecule has 1 aromatic heterocycles. The van der Waals surface area contributed by atoms with Crippen LogP contribution >= 0.6 is 0 Å². The summed E-state index contributed by atoms with van der Waals surface area (Å²) in [7, 11) is 3.22. The van der Waals surface area contributed by atoms with Gasteiger partial charge >= 0.3 is 0 Å². The van der Waals surface area contributed by atoms with Gasteiger partial charge in [0.05, 0.1) is 31.0 Å². The van der Waals surface area contributed by atoms with E-state index in [2.05, 4.69) is 12.2 Å². The van der Waals surface area contributed by atoms with E-state index >= 15 is 0 Å². The minimum absolute atomic E-state index is 0.181. The molecule has 0 saturated carbocycles. The summed E-state index contributed by atoms with van der Waals surface area (Å²) in [6, 6.07) is 19.2. The van der Waals surface area contributed by atoms with E-state index in [4.69, 9.17) is 14.5 Å². The third kappa shape index (κ3) is 4.14. The van der Waals surface area contributed by atoms with E-state index in [0.717, 1.165) is 33.3 Å². The predicted molar refractivity (Wildman–Crippen MR) is 129 cm³/mol. The maximum absolute atomic E-state index is 13.4. The second-order valence-corrected chi connectivity index (χ2v) is 7.90. The first-order valence-electron chi connectivity index (χ1n) is 10.4. The molecule has 32 heavy (non-hydrogen) atoms. The highest BCUT2D eigenvalue weighted by Gasteiger charge is 2.17. The molecular weight excluding hydrogens is 400 g/mol. The lowest BCUT2D eigenvalue weighted by molar-refractivity contribution is 0.102. The summed E-state index contributed by atoms with van der Waals surface area (Å²) in [4.78, 5) is 18.2. The second-order valence-electron chi connectivity index (χ2n) is 7.90. The van der Waals surface area contributed by atoms with E-state index in [-0.39, 0.29) is 5.91 Å². The summed E-state index contributed by atoms with van der Waals surface area (Å²) in [6.45, 7) is 6.09. The number of ether oxygens (including phenoxy) is 2. The van der Waals surface area contributed by atoms with Gasteiger partial charge in [0.1, 0.15) is 11.5 Å². The van der Waals surface area contributed by atoms with Crippen molar-refractivity contribution in [3.63, 3.8) is 0 Å². The van der Waals surface area contributed by atoms with E-state index in [0.29, 0.717) is 22.8 Å². The van der Waals surface area contributed by atoms with Crippen molar-refractivity contribution in [1.82, 2.24) is 4.98 Å². The summed E-state index contributed by atoms with van der Waals surface area (Å²) in [5, 5.41) is 3.85. The number of hydrogen-bond donors (Lipinski definition) is 1. The van der Waals surface area contributed by atoms with E-state index in [1.165, 1.54) is 5.56 Å². The average Bonchev–Trinajstić information content (AvgIpc) is 2.80. The highest BCUT2D eigenvalue weighted by atomic mass is 16.5. The Hall–Kier alpha value is -3.86. The second kappa shape index (κ2) is 8.71. The number of amides is 1. The molecule has 5 heteroatoms. The number of fused-ring (bicyclic) bond motifs is 1. The van der Waals surface area contributed by atoms with Crippen molar-refractivity contribution in [2.75, 3.05) is 19.5 Å². The highest BCUT2D eigenvalue weighted by Crippen LogP contribution is 2.34. The lowest BCUT2D eigenvalue weighted by Crippen LogP contribution is -2.13. The molecule has 4 aromatic rings. The lowest BCUT2D eigenvalue weighted by atomic mass is 10.0. The van der Waals surface area contributed by atoms with Crippen molar-refractivity contribution in [3.8, 4) is 22.8 Å². The van der Waals surface area contributed by atoms with Crippen LogP contribution in [-0.4, -0.2) is 25.1 Å². The Kier molecular flexibility index (Phi) is 5.82. The minimum Gasteiger partial charge on any atom is -0.497 e. The van der Waals surface area contributed by atoms with Gasteiger partial charge in [0, 0.05) is 22.7 Å². The number of benzene rings is 3. The van der Waals surface area contributed by atoms with Crippen LogP contribution in [0, 0.1) is 20.8 Å². The van der Waals surface area contributed by atoms with Crippen molar-refractivity contribution in [1.29, 1.82) is 0 Å². The fourth-order valence-electron chi connectivity index (χ4n) is 3.69. The van der Waals surface area contributed by atoms with Gasteiger partial charge in [-0.25, -0.2) is 4.98 Å². The Balaban J connectivity index is 1.85. The molecule has 4 rings (SSSR count). The molecule has 0 saturated heterocycles. The fourth-order valence-corrected chi connectivity index (χ4v) is 3.69. The maximum Gasteiger partial charge on any atom is 0.256 e. The number of carbonyl (C=O) groups is 1. The number of aromatic nitrogens is 1. The third-order valence-electron chi connectivity index (χ3n) is 5.66. The predicted octanol–water partition coefficient (Wildman–Crippen LogP) is 6.10. The first-order valence-corrected chi connectivity index (χ1v) is 10.4. The van der Waals surface area contributed by atoms with E-state index in [9.17, 15) is 4.79 Å². The number of anilines is 1. The number of aryl methyl sites for hydroxylation is 3. The zero-order chi connectivity index (χ0) is 22.8. The zero-order valence-corrected chi connectivity index (χ0v) is 18.9. The van der Waals surface area contributed by atoms with Crippen LogP contribution in [0.5, 0.6) is 11.5 Å². The Morgan fingerprint density at radius 1 is 0.844 bits per heavy atom. The first-order chi connectivity index (χ1) is 15.4. The summed E-state index contributed by atoms with van der Waals surface area (Å²) in [5.41, 5.74) is 6.89. The van der Waals surface area contributed by atoms with Gasteiger partial charge in [-0.15, -0.1) is 0 Å². The van der Waals surface area contributed by atoms with Crippen LogP contribution in [0.1, 0.15) is 27.0 Å². The molecule has 1 N–H and O–H groups in total. The molecule has 1 amide bonds. The van der Waals surface area contributed by atoms with Crippen molar-refractivity contribution in [3.05, 3.63) is 82.9 Å². The van der Waals surface area contributed by atoms with Gasteiger partial charge in [0.2, 0.25) is 0 Å². The van der Waals surface area contributed by atoms with E-state index < -0.39 is 0 Å². The minimum atomic E-state index is -0.181. The van der Waals surface area contributed by atoms with Gasteiger partial charge < -0.3 is 14.8 Å². The van der Waals surface area contributed by atoms with Crippen molar-refractivity contribution < 1.29 is 14.3 Å². The molecule has 162 valence electrons. The number of hydrogen-bond acceptors (Lipinski definition) is 4. The highest BCUT2D eigenvalue weighted by molar-refractivity contribution is 6.13. The van der Waals surface area contributed by atoms with Gasteiger partial charge in [-0.1, -0.05) is 17.7 Å². The van der Waals surface area contributed by atoms with Crippen LogP contribution in [0.15, 0.2) is 60.7 Å². The van der Waals surface area contributed by atoms with Gasteiger partial charge in [-0.3, -0.25) is 4.79 Å². The van der Waals surface area contributed by atoms with Crippen LogP contribution in [-0.2, 0) is 0 Å². The van der Waals surface area contributed by atoms with Crippen LogP contribution < -0.4 is 14.8 Å². The average molecular weight is 427 g/mol. The topological polar surface area (TPSA) is 60.5 Å². The molecule has 0 spiro atoms. The number of rotatable bonds is 5. The quantitative estimate of drug-likeness (QED) is 0.419. The SMILES string of the molecule is COc1ccc(-c2cc(C(=O)Nc3ccc(C)c(C)c3)c3cc(C)ccc3n2)c(OC)c1. The van der Waals surface area contributed by atoms with Gasteiger partial charge in [0.25, 0.3) is 5.91 Å². The Morgan fingerprint density at radius 3 is 2.38 bits per heavy atom. The van der Waals surface area contributed by atoms with Gasteiger partial charge in [-0.05, 0) is 74.4 Å². The summed E-state index contributed by atoms with van der Waals surface area (Å²) >= 11 is 0. The summed E-state index contributed by atoms with van der Waals surface area (Å²) in [5.74, 6) is 1.14. The molecular formula is C27H26N2O3. The Bertz CT molecular complexity index is 1330. The lowest BCUT2D eigenvalue weighted by Gasteiger charge is -2.14. The molecule has 0 bridgehead atoms. The molecule has 1 heterocycles. The monoisotopic (exact) mass is 426 g/mol.